The second-order valence-electron chi connectivity index (χ2n) is 4.44. The highest BCUT2D eigenvalue weighted by molar-refractivity contribution is 5.62. The number of nitro groups is 1. The molecule has 0 unspecified atom stereocenters. The van der Waals surface area contributed by atoms with Gasteiger partial charge in [-0.3, -0.25) is 10.1 Å². The number of aliphatic hydroxyl groups is 1. The summed E-state index contributed by atoms with van der Waals surface area (Å²) in [6.07, 6.45) is -0.716. The summed E-state index contributed by atoms with van der Waals surface area (Å²) < 4.78 is 12.9. The van der Waals surface area contributed by atoms with Gasteiger partial charge in [-0.05, 0) is 32.9 Å². The van der Waals surface area contributed by atoms with E-state index in [0.29, 0.717) is 0 Å². The van der Waals surface area contributed by atoms with E-state index < -0.39 is 22.4 Å². The molecule has 0 saturated carbocycles. The minimum atomic E-state index is -0.747. The summed E-state index contributed by atoms with van der Waals surface area (Å²) in [5, 5.41) is 23.1. The van der Waals surface area contributed by atoms with Gasteiger partial charge in [0.2, 0.25) is 0 Å². The average Bonchev–Trinajstić information content (AvgIpc) is 2.19. The Labute approximate surface area is 98.4 Å². The van der Waals surface area contributed by atoms with Crippen LogP contribution in [0.5, 0.6) is 0 Å². The smallest absolute Gasteiger partial charge is 0.295 e. The molecule has 2 N–H and O–H groups in total. The normalized spacial score (nSPS) is 13.2. The predicted molar refractivity (Wildman–Crippen MR) is 62.4 cm³/mol. The molecule has 0 heterocycles. The van der Waals surface area contributed by atoms with Gasteiger partial charge in [0.25, 0.3) is 5.69 Å². The molecule has 0 aromatic heterocycles. The van der Waals surface area contributed by atoms with Crippen molar-refractivity contribution in [1.29, 1.82) is 0 Å². The lowest BCUT2D eigenvalue weighted by atomic mass is 9.98. The molecule has 0 aliphatic carbocycles. The number of nitrogens with one attached hydrogen (secondary N) is 1. The first-order valence-electron chi connectivity index (χ1n) is 5.14. The van der Waals surface area contributed by atoms with Crippen LogP contribution in [0.1, 0.15) is 20.8 Å². The van der Waals surface area contributed by atoms with Gasteiger partial charge in [0, 0.05) is 0 Å². The van der Waals surface area contributed by atoms with Crippen LogP contribution in [0.2, 0.25) is 0 Å². The van der Waals surface area contributed by atoms with Crippen LogP contribution in [0.4, 0.5) is 15.8 Å². The number of rotatable bonds is 4. The zero-order chi connectivity index (χ0) is 13.2. The lowest BCUT2D eigenvalue weighted by Crippen LogP contribution is -2.42. The Kier molecular flexibility index (Phi) is 3.67. The van der Waals surface area contributed by atoms with Crippen LogP contribution in [0.3, 0.4) is 0 Å². The van der Waals surface area contributed by atoms with Gasteiger partial charge in [-0.25, -0.2) is 4.39 Å². The number of halogens is 1. The van der Waals surface area contributed by atoms with Crippen LogP contribution in [0.25, 0.3) is 0 Å². The van der Waals surface area contributed by atoms with Crippen molar-refractivity contribution in [3.8, 4) is 0 Å². The lowest BCUT2D eigenvalue weighted by Gasteiger charge is -2.30. The van der Waals surface area contributed by atoms with Gasteiger partial charge in [-0.1, -0.05) is 0 Å². The molecular weight excluding hydrogens is 227 g/mol. The summed E-state index contributed by atoms with van der Waals surface area (Å²) in [6, 6.07) is 3.27. The molecule has 0 aliphatic rings. The maximum Gasteiger partial charge on any atom is 0.295 e. The van der Waals surface area contributed by atoms with E-state index in [1.165, 1.54) is 6.07 Å². The standard InChI is InChI=1S/C11H15FN2O3/c1-7(15)11(2,3)13-9-5-4-8(12)6-10(9)14(16)17/h4-7,13,15H,1-3H3/t7-/m1/s1. The SMILES string of the molecule is C[C@@H](O)C(C)(C)Nc1ccc(F)cc1[N+](=O)[O-]. The number of nitrogens with zero attached hydrogens (tertiary/aromatic N) is 1. The summed E-state index contributed by atoms with van der Waals surface area (Å²) in [5.41, 5.74) is -0.913. The van der Waals surface area contributed by atoms with Crippen molar-refractivity contribution in [1.82, 2.24) is 0 Å². The minimum absolute atomic E-state index is 0.183. The van der Waals surface area contributed by atoms with Gasteiger partial charge < -0.3 is 10.4 Å². The fourth-order valence-corrected chi connectivity index (χ4v) is 1.21. The first-order chi connectivity index (χ1) is 7.74. The fraction of sp³-hybridized carbons (Fsp3) is 0.455. The van der Waals surface area contributed by atoms with Gasteiger partial charge in [0.15, 0.2) is 0 Å². The number of hydrogen-bond donors (Lipinski definition) is 2. The molecule has 0 spiro atoms. The minimum Gasteiger partial charge on any atom is -0.391 e. The Morgan fingerprint density at radius 2 is 2.12 bits per heavy atom. The van der Waals surface area contributed by atoms with E-state index in [0.717, 1.165) is 12.1 Å². The van der Waals surface area contributed by atoms with E-state index in [2.05, 4.69) is 5.32 Å². The van der Waals surface area contributed by atoms with Crippen molar-refractivity contribution in [3.05, 3.63) is 34.1 Å². The van der Waals surface area contributed by atoms with Gasteiger partial charge in [-0.2, -0.15) is 0 Å². The van der Waals surface area contributed by atoms with Gasteiger partial charge >= 0.3 is 0 Å². The maximum absolute atomic E-state index is 12.9. The molecule has 6 heteroatoms. The third-order valence-corrected chi connectivity index (χ3v) is 2.66. The highest BCUT2D eigenvalue weighted by Crippen LogP contribution is 2.28. The highest BCUT2D eigenvalue weighted by atomic mass is 19.1. The molecule has 94 valence electrons. The van der Waals surface area contributed by atoms with E-state index in [1.807, 2.05) is 0 Å². The molecule has 0 amide bonds. The first kappa shape index (κ1) is 13.4. The van der Waals surface area contributed by atoms with Crippen LogP contribution >= 0.6 is 0 Å². The first-order valence-corrected chi connectivity index (χ1v) is 5.14. The maximum atomic E-state index is 12.9. The second kappa shape index (κ2) is 4.67. The van der Waals surface area contributed by atoms with Crippen LogP contribution in [0.15, 0.2) is 18.2 Å². The number of aliphatic hydroxyl groups excluding tert-OH is 1. The summed E-state index contributed by atoms with van der Waals surface area (Å²) >= 11 is 0. The number of nitro benzene ring substituents is 1. The number of hydrogen-bond acceptors (Lipinski definition) is 4. The van der Waals surface area contributed by atoms with Crippen LogP contribution in [-0.4, -0.2) is 21.7 Å². The van der Waals surface area contributed by atoms with Crippen molar-refractivity contribution in [2.45, 2.75) is 32.4 Å². The van der Waals surface area contributed by atoms with E-state index in [9.17, 15) is 19.6 Å². The molecule has 1 atom stereocenters. The molecule has 0 aliphatic heterocycles. The van der Waals surface area contributed by atoms with Crippen molar-refractivity contribution in [3.63, 3.8) is 0 Å². The van der Waals surface area contributed by atoms with Crippen molar-refractivity contribution in [2.24, 2.45) is 0 Å². The molecule has 0 fully saturated rings. The Hall–Kier alpha value is -1.69. The molecule has 1 rings (SSSR count). The zero-order valence-electron chi connectivity index (χ0n) is 9.90. The number of benzene rings is 1. The summed E-state index contributed by atoms with van der Waals surface area (Å²) in [6.45, 7) is 4.97. The molecule has 5 nitrogen and oxygen atoms in total. The predicted octanol–water partition coefficient (Wildman–Crippen LogP) is 2.31. The zero-order valence-corrected chi connectivity index (χ0v) is 9.90. The molecule has 1 aromatic carbocycles. The van der Waals surface area contributed by atoms with Gasteiger partial charge in [0.05, 0.1) is 22.6 Å². The van der Waals surface area contributed by atoms with Crippen molar-refractivity contribution < 1.29 is 14.4 Å². The quantitative estimate of drug-likeness (QED) is 0.627. The molecule has 0 radical (unpaired) electrons. The summed E-state index contributed by atoms with van der Waals surface area (Å²) in [7, 11) is 0. The third-order valence-electron chi connectivity index (χ3n) is 2.66. The third kappa shape index (κ3) is 3.13. The number of anilines is 1. The Morgan fingerprint density at radius 3 is 2.59 bits per heavy atom. The monoisotopic (exact) mass is 242 g/mol. The molecule has 0 saturated heterocycles. The second-order valence-corrected chi connectivity index (χ2v) is 4.44. The van der Waals surface area contributed by atoms with Crippen LogP contribution < -0.4 is 5.32 Å². The van der Waals surface area contributed by atoms with Gasteiger partial charge in [-0.15, -0.1) is 0 Å². The van der Waals surface area contributed by atoms with E-state index in [1.54, 1.807) is 20.8 Å². The topological polar surface area (TPSA) is 75.4 Å². The molecule has 1 aromatic rings. The lowest BCUT2D eigenvalue weighted by molar-refractivity contribution is -0.384. The Morgan fingerprint density at radius 1 is 1.53 bits per heavy atom. The van der Waals surface area contributed by atoms with Crippen LogP contribution in [-0.2, 0) is 0 Å². The van der Waals surface area contributed by atoms with E-state index in [-0.39, 0.29) is 11.4 Å². The highest BCUT2D eigenvalue weighted by Gasteiger charge is 2.27. The van der Waals surface area contributed by atoms with E-state index >= 15 is 0 Å². The average molecular weight is 242 g/mol. The summed E-state index contributed by atoms with van der Waals surface area (Å²) in [4.78, 5) is 10.1. The Balaban J connectivity index is 3.11. The summed E-state index contributed by atoms with van der Waals surface area (Å²) in [5.74, 6) is -0.669. The largest absolute Gasteiger partial charge is 0.391 e. The van der Waals surface area contributed by atoms with E-state index in [4.69, 9.17) is 0 Å². The molecule has 0 bridgehead atoms. The van der Waals surface area contributed by atoms with Crippen molar-refractivity contribution in [2.75, 3.05) is 5.32 Å². The molecule has 17 heavy (non-hydrogen) atoms. The molecular formula is C11H15FN2O3. The van der Waals surface area contributed by atoms with Crippen LogP contribution in [0, 0.1) is 15.9 Å². The van der Waals surface area contributed by atoms with Crippen molar-refractivity contribution >= 4 is 11.4 Å². The fourth-order valence-electron chi connectivity index (χ4n) is 1.21. The Bertz CT molecular complexity index is 433. The van der Waals surface area contributed by atoms with Gasteiger partial charge in [0.1, 0.15) is 11.5 Å².